The standard InChI is InChI=1S/5CCl2F2/c5*2-1(3,4)5. The predicted molar refractivity (Wildman–Crippen MR) is 83.3 cm³/mol. The van der Waals surface area contributed by atoms with Gasteiger partial charge in [0.25, 0.3) is 0 Å². The van der Waals surface area contributed by atoms with Crippen molar-refractivity contribution < 1.29 is 43.9 Å². The van der Waals surface area contributed by atoms with E-state index in [0.717, 1.165) is 0 Å². The molecule has 0 atom stereocenters. The molecule has 0 unspecified atom stereocenters. The van der Waals surface area contributed by atoms with Gasteiger partial charge in [-0.2, -0.15) is 43.9 Å². The van der Waals surface area contributed by atoms with Crippen molar-refractivity contribution in [2.24, 2.45) is 0 Å². The summed E-state index contributed by atoms with van der Waals surface area (Å²) in [5, 5.41) is 0. The fraction of sp³-hybridized carbons (Fsp3) is 1.00. The SMILES string of the molecule is FC(F)(Cl)Cl.FC(F)(Cl)Cl.FC(F)(Cl)Cl.FC(F)(Cl)Cl.FC(F)(Cl)Cl. The molecule has 0 nitrogen and oxygen atoms in total. The second-order valence-electron chi connectivity index (χ2n) is 2.14. The molecular formula is C5Cl10F10. The molecule has 0 aromatic carbocycles. The highest BCUT2D eigenvalue weighted by atomic mass is 35.5. The average molecular weight is 605 g/mol. The summed E-state index contributed by atoms with van der Waals surface area (Å²) in [6.07, 6.45) is 0. The zero-order valence-electron chi connectivity index (χ0n) is 10.1. The van der Waals surface area contributed by atoms with Crippen LogP contribution in [0.4, 0.5) is 43.9 Å². The first-order chi connectivity index (χ1) is 10.0. The average Bonchev–Trinajstić information content (AvgIpc) is 1.79. The molecule has 0 rings (SSSR count). The van der Waals surface area contributed by atoms with Crippen LogP contribution < -0.4 is 0 Å². The molecule has 0 saturated carbocycles. The Morgan fingerprint density at radius 3 is 0.240 bits per heavy atom. The Labute approximate surface area is 183 Å². The summed E-state index contributed by atoms with van der Waals surface area (Å²) in [6, 6.07) is 0. The third-order valence-electron chi connectivity index (χ3n) is 0. The van der Waals surface area contributed by atoms with Gasteiger partial charge in [0.05, 0.1) is 0 Å². The summed E-state index contributed by atoms with van der Waals surface area (Å²) in [5.41, 5.74) is 0. The molecule has 0 aromatic rings. The summed E-state index contributed by atoms with van der Waals surface area (Å²) < 4.78 is 106. The number of halogens is 20. The lowest BCUT2D eigenvalue weighted by Crippen LogP contribution is -1.86. The van der Waals surface area contributed by atoms with Crippen LogP contribution in [0.15, 0.2) is 0 Å². The maximum absolute atomic E-state index is 10.6. The molecule has 0 aromatic heterocycles. The van der Waals surface area contributed by atoms with Gasteiger partial charge >= 0.3 is 24.2 Å². The Morgan fingerprint density at radius 2 is 0.240 bits per heavy atom. The van der Waals surface area contributed by atoms with Crippen LogP contribution in [0, 0.1) is 0 Å². The van der Waals surface area contributed by atoms with Crippen LogP contribution in [0.2, 0.25) is 0 Å². The molecule has 0 heterocycles. The molecule has 0 N–H and O–H groups in total. The minimum atomic E-state index is -3.56. The molecule has 20 heteroatoms. The van der Waals surface area contributed by atoms with Crippen LogP contribution in [0.3, 0.4) is 0 Å². The van der Waals surface area contributed by atoms with Crippen molar-refractivity contribution in [3.63, 3.8) is 0 Å². The first-order valence-corrected chi connectivity index (χ1v) is 7.56. The highest BCUT2D eigenvalue weighted by molar-refractivity contribution is 6.47. The monoisotopic (exact) mass is 600 g/mol. The molecular weight excluding hydrogens is 605 g/mol. The summed E-state index contributed by atoms with van der Waals surface area (Å²) >= 11 is 39.6. The van der Waals surface area contributed by atoms with Crippen molar-refractivity contribution in [3.8, 4) is 0 Å². The van der Waals surface area contributed by atoms with E-state index in [1.165, 1.54) is 0 Å². The van der Waals surface area contributed by atoms with E-state index in [9.17, 15) is 43.9 Å². The summed E-state index contributed by atoms with van der Waals surface area (Å²) in [4.78, 5) is -17.8. The van der Waals surface area contributed by atoms with Crippen LogP contribution in [-0.4, -0.2) is 24.2 Å². The third kappa shape index (κ3) is 3170. The van der Waals surface area contributed by atoms with Crippen LogP contribution in [0.5, 0.6) is 0 Å². The van der Waals surface area contributed by atoms with Gasteiger partial charge in [-0.15, -0.1) is 0 Å². The fourth-order valence-corrected chi connectivity index (χ4v) is 0. The second kappa shape index (κ2) is 16.0. The maximum Gasteiger partial charge on any atom is 0.401 e. The third-order valence-corrected chi connectivity index (χ3v) is 0. The Bertz CT molecular complexity index is 185. The van der Waals surface area contributed by atoms with Gasteiger partial charge in [-0.25, -0.2) is 0 Å². The smallest absolute Gasteiger partial charge is 0.172 e. The number of hydrogen-bond acceptors (Lipinski definition) is 0. The molecule has 0 aliphatic carbocycles. The highest BCUT2D eigenvalue weighted by Crippen LogP contribution is 2.24. The van der Waals surface area contributed by atoms with Crippen molar-refractivity contribution in [1.29, 1.82) is 0 Å². The minimum Gasteiger partial charge on any atom is -0.172 e. The van der Waals surface area contributed by atoms with E-state index in [0.29, 0.717) is 0 Å². The Kier molecular flexibility index (Phi) is 24.3. The van der Waals surface area contributed by atoms with Gasteiger partial charge < -0.3 is 0 Å². The van der Waals surface area contributed by atoms with Gasteiger partial charge in [0, 0.05) is 0 Å². The van der Waals surface area contributed by atoms with Crippen molar-refractivity contribution in [2.75, 3.05) is 0 Å². The summed E-state index contributed by atoms with van der Waals surface area (Å²) in [7, 11) is 0. The van der Waals surface area contributed by atoms with E-state index in [4.69, 9.17) is 0 Å². The summed E-state index contributed by atoms with van der Waals surface area (Å²) in [5.74, 6) is 0. The maximum atomic E-state index is 10.6. The van der Waals surface area contributed by atoms with Crippen LogP contribution in [0.1, 0.15) is 0 Å². The lowest BCUT2D eigenvalue weighted by atomic mass is 11.7. The van der Waals surface area contributed by atoms with Gasteiger partial charge in [0.15, 0.2) is 0 Å². The zero-order chi connectivity index (χ0) is 22.5. The highest BCUT2D eigenvalue weighted by Gasteiger charge is 2.19. The molecule has 0 spiro atoms. The number of rotatable bonds is 0. The van der Waals surface area contributed by atoms with E-state index in [1.54, 1.807) is 0 Å². The first kappa shape index (κ1) is 37.9. The van der Waals surface area contributed by atoms with E-state index >= 15 is 0 Å². The topological polar surface area (TPSA) is 0 Å². The Hall–Kier alpha value is 2.20. The first-order valence-electron chi connectivity index (χ1n) is 3.78. The molecule has 0 amide bonds. The lowest BCUT2D eigenvalue weighted by Gasteiger charge is -1.87. The van der Waals surface area contributed by atoms with Gasteiger partial charge in [-0.3, -0.25) is 0 Å². The molecule has 0 fully saturated rings. The van der Waals surface area contributed by atoms with Crippen LogP contribution in [0.25, 0.3) is 0 Å². The van der Waals surface area contributed by atoms with E-state index in [1.807, 2.05) is 0 Å². The van der Waals surface area contributed by atoms with Gasteiger partial charge in [-0.1, -0.05) is 0 Å². The van der Waals surface area contributed by atoms with Crippen LogP contribution >= 0.6 is 116 Å². The molecule has 0 radical (unpaired) electrons. The fourth-order valence-electron chi connectivity index (χ4n) is 0. The molecule has 160 valence electrons. The second-order valence-corrected chi connectivity index (χ2v) is 7.86. The predicted octanol–water partition coefficient (Wildman–Crippen LogP) is 10.1. The van der Waals surface area contributed by atoms with Gasteiger partial charge in [0.1, 0.15) is 0 Å². The number of hydrogen-bond donors (Lipinski definition) is 0. The molecule has 25 heavy (non-hydrogen) atoms. The van der Waals surface area contributed by atoms with E-state index in [-0.39, 0.29) is 0 Å². The van der Waals surface area contributed by atoms with E-state index in [2.05, 4.69) is 116 Å². The Morgan fingerprint density at radius 1 is 0.240 bits per heavy atom. The molecule has 0 saturated heterocycles. The summed E-state index contributed by atoms with van der Waals surface area (Å²) in [6.45, 7) is 0. The van der Waals surface area contributed by atoms with Crippen molar-refractivity contribution in [2.45, 2.75) is 24.2 Å². The largest absolute Gasteiger partial charge is 0.401 e. The minimum absolute atomic E-state index is 3.56. The van der Waals surface area contributed by atoms with Crippen molar-refractivity contribution >= 4 is 116 Å². The lowest BCUT2D eigenvalue weighted by molar-refractivity contribution is 0.193. The molecule has 0 aliphatic heterocycles. The normalized spacial score (nSPS) is 12.0. The number of alkyl halides is 20. The molecule has 0 bridgehead atoms. The van der Waals surface area contributed by atoms with Gasteiger partial charge in [0.2, 0.25) is 0 Å². The van der Waals surface area contributed by atoms with Crippen molar-refractivity contribution in [1.82, 2.24) is 0 Å². The van der Waals surface area contributed by atoms with Gasteiger partial charge in [-0.05, 0) is 116 Å². The zero-order valence-corrected chi connectivity index (χ0v) is 17.6. The molecule has 0 aliphatic rings. The van der Waals surface area contributed by atoms with E-state index < -0.39 is 24.2 Å². The van der Waals surface area contributed by atoms with Crippen LogP contribution in [-0.2, 0) is 0 Å². The Balaban J connectivity index is -0.0000000667. The van der Waals surface area contributed by atoms with Crippen molar-refractivity contribution in [3.05, 3.63) is 0 Å². The quantitative estimate of drug-likeness (QED) is 0.191.